The van der Waals surface area contributed by atoms with Gasteiger partial charge in [-0.2, -0.15) is 0 Å². The van der Waals surface area contributed by atoms with Gasteiger partial charge in [-0.25, -0.2) is 0 Å². The molecule has 0 amide bonds. The van der Waals surface area contributed by atoms with Crippen LogP contribution in [0.1, 0.15) is 71.6 Å². The van der Waals surface area contributed by atoms with Gasteiger partial charge in [0, 0.05) is 0 Å². The summed E-state index contributed by atoms with van der Waals surface area (Å²) in [6.07, 6.45) is 1.06. The fraction of sp³-hybridized carbons (Fsp3) is 0.632. The predicted octanol–water partition coefficient (Wildman–Crippen LogP) is 4.48. The molecule has 0 aliphatic carbocycles. The lowest BCUT2D eigenvalue weighted by Crippen LogP contribution is -2.19. The standard InChI is InChI=1S/C19H30O3/c1-8-9-22-16(20)12-13-10-14(18(2,3)4)17(21)15(11-13)19(5,6)7/h10-11,21H,8-9,12H2,1-7H3. The molecule has 0 aliphatic rings. The van der Waals surface area contributed by atoms with E-state index in [-0.39, 0.29) is 23.2 Å². The van der Waals surface area contributed by atoms with E-state index in [0.717, 1.165) is 23.1 Å². The zero-order chi connectivity index (χ0) is 17.1. The van der Waals surface area contributed by atoms with E-state index in [1.807, 2.05) is 19.1 Å². The minimum absolute atomic E-state index is 0.187. The van der Waals surface area contributed by atoms with Crippen LogP contribution in [-0.2, 0) is 26.8 Å². The van der Waals surface area contributed by atoms with Gasteiger partial charge in [-0.05, 0) is 33.9 Å². The second-order valence-electron chi connectivity index (χ2n) is 7.94. The molecule has 0 unspecified atom stereocenters. The molecule has 1 aromatic rings. The van der Waals surface area contributed by atoms with Gasteiger partial charge in [0.1, 0.15) is 5.75 Å². The summed E-state index contributed by atoms with van der Waals surface area (Å²) < 4.78 is 5.17. The lowest BCUT2D eigenvalue weighted by Gasteiger charge is -2.28. The summed E-state index contributed by atoms with van der Waals surface area (Å²) in [5.74, 6) is 0.123. The van der Waals surface area contributed by atoms with Crippen molar-refractivity contribution in [2.75, 3.05) is 6.61 Å². The van der Waals surface area contributed by atoms with Crippen LogP contribution in [0.15, 0.2) is 12.1 Å². The van der Waals surface area contributed by atoms with Crippen LogP contribution in [0.25, 0.3) is 0 Å². The highest BCUT2D eigenvalue weighted by molar-refractivity contribution is 5.73. The van der Waals surface area contributed by atoms with Crippen LogP contribution in [-0.4, -0.2) is 17.7 Å². The number of phenolic OH excluding ortho intramolecular Hbond substituents is 1. The number of benzene rings is 1. The van der Waals surface area contributed by atoms with E-state index in [1.54, 1.807) is 0 Å². The molecule has 1 aromatic carbocycles. The predicted molar refractivity (Wildman–Crippen MR) is 90.5 cm³/mol. The first-order chi connectivity index (χ1) is 9.96. The Morgan fingerprint density at radius 3 is 1.86 bits per heavy atom. The van der Waals surface area contributed by atoms with Crippen molar-refractivity contribution >= 4 is 5.97 Å². The first-order valence-corrected chi connectivity index (χ1v) is 7.99. The number of hydrogen-bond acceptors (Lipinski definition) is 3. The lowest BCUT2D eigenvalue weighted by atomic mass is 9.78. The Kier molecular flexibility index (Phi) is 5.66. The quantitative estimate of drug-likeness (QED) is 0.834. The molecule has 0 atom stereocenters. The summed E-state index contributed by atoms with van der Waals surface area (Å²) in [6.45, 7) is 14.8. The van der Waals surface area contributed by atoms with Crippen LogP contribution in [0, 0.1) is 0 Å². The zero-order valence-electron chi connectivity index (χ0n) is 15.0. The summed E-state index contributed by atoms with van der Waals surface area (Å²) in [4.78, 5) is 11.9. The number of aromatic hydroxyl groups is 1. The Morgan fingerprint density at radius 1 is 1.05 bits per heavy atom. The topological polar surface area (TPSA) is 46.5 Å². The molecule has 3 nitrogen and oxygen atoms in total. The van der Waals surface area contributed by atoms with Gasteiger partial charge in [0.15, 0.2) is 0 Å². The van der Waals surface area contributed by atoms with Gasteiger partial charge in [-0.15, -0.1) is 0 Å². The van der Waals surface area contributed by atoms with Gasteiger partial charge in [0.25, 0.3) is 0 Å². The minimum Gasteiger partial charge on any atom is -0.507 e. The molecule has 0 fully saturated rings. The molecule has 3 heteroatoms. The summed E-state index contributed by atoms with van der Waals surface area (Å²) in [6, 6.07) is 3.86. The Hall–Kier alpha value is -1.51. The summed E-state index contributed by atoms with van der Waals surface area (Å²) in [7, 11) is 0. The molecule has 22 heavy (non-hydrogen) atoms. The number of phenols is 1. The molecule has 0 aromatic heterocycles. The minimum atomic E-state index is -0.216. The number of rotatable bonds is 4. The molecule has 1 N–H and O–H groups in total. The van der Waals surface area contributed by atoms with Crippen molar-refractivity contribution in [3.63, 3.8) is 0 Å². The third-order valence-corrected chi connectivity index (χ3v) is 3.60. The zero-order valence-corrected chi connectivity index (χ0v) is 15.0. The Morgan fingerprint density at radius 2 is 1.50 bits per heavy atom. The van der Waals surface area contributed by atoms with Crippen LogP contribution in [0.4, 0.5) is 0 Å². The number of hydrogen-bond donors (Lipinski definition) is 1. The van der Waals surface area contributed by atoms with E-state index >= 15 is 0 Å². The second-order valence-corrected chi connectivity index (χ2v) is 7.94. The highest BCUT2D eigenvalue weighted by Crippen LogP contribution is 2.39. The Labute approximate surface area is 134 Å². The summed E-state index contributed by atoms with van der Waals surface area (Å²) in [5.41, 5.74) is 2.27. The number of carbonyl (C=O) groups excluding carboxylic acids is 1. The fourth-order valence-corrected chi connectivity index (χ4v) is 2.37. The van der Waals surface area contributed by atoms with E-state index in [4.69, 9.17) is 4.74 Å². The van der Waals surface area contributed by atoms with Gasteiger partial charge >= 0.3 is 5.97 Å². The normalized spacial score (nSPS) is 12.3. The monoisotopic (exact) mass is 306 g/mol. The Bertz CT molecular complexity index is 496. The maximum atomic E-state index is 11.9. The number of esters is 1. The smallest absolute Gasteiger partial charge is 0.310 e. The van der Waals surface area contributed by atoms with Gasteiger partial charge < -0.3 is 9.84 Å². The van der Waals surface area contributed by atoms with E-state index in [1.165, 1.54) is 0 Å². The number of carbonyl (C=O) groups is 1. The maximum Gasteiger partial charge on any atom is 0.310 e. The molecular weight excluding hydrogens is 276 g/mol. The molecule has 0 saturated carbocycles. The first-order valence-electron chi connectivity index (χ1n) is 7.99. The van der Waals surface area contributed by atoms with E-state index in [0.29, 0.717) is 12.4 Å². The molecule has 0 heterocycles. The van der Waals surface area contributed by atoms with Gasteiger partial charge in [0.2, 0.25) is 0 Å². The van der Waals surface area contributed by atoms with E-state index < -0.39 is 0 Å². The number of ether oxygens (including phenoxy) is 1. The Balaban J connectivity index is 3.27. The van der Waals surface area contributed by atoms with Crippen LogP contribution >= 0.6 is 0 Å². The molecule has 0 bridgehead atoms. The van der Waals surface area contributed by atoms with Crippen LogP contribution in [0.2, 0.25) is 0 Å². The van der Waals surface area contributed by atoms with Crippen molar-refractivity contribution in [2.45, 2.75) is 72.1 Å². The van der Waals surface area contributed by atoms with Crippen molar-refractivity contribution in [1.29, 1.82) is 0 Å². The summed E-state index contributed by atoms with van der Waals surface area (Å²) >= 11 is 0. The van der Waals surface area contributed by atoms with Gasteiger partial charge in [-0.1, -0.05) is 60.6 Å². The fourth-order valence-electron chi connectivity index (χ4n) is 2.37. The van der Waals surface area contributed by atoms with Gasteiger partial charge in [0.05, 0.1) is 13.0 Å². The van der Waals surface area contributed by atoms with Crippen molar-refractivity contribution < 1.29 is 14.6 Å². The third-order valence-electron chi connectivity index (χ3n) is 3.60. The largest absolute Gasteiger partial charge is 0.507 e. The molecule has 0 aliphatic heterocycles. The SMILES string of the molecule is CCCOC(=O)Cc1cc(C(C)(C)C)c(O)c(C(C)(C)C)c1. The molecule has 0 radical (unpaired) electrons. The first kappa shape index (κ1) is 18.5. The van der Waals surface area contributed by atoms with Crippen LogP contribution < -0.4 is 0 Å². The maximum absolute atomic E-state index is 11.9. The summed E-state index contributed by atoms with van der Waals surface area (Å²) in [5, 5.41) is 10.6. The third kappa shape index (κ3) is 4.75. The van der Waals surface area contributed by atoms with Crippen molar-refractivity contribution in [3.8, 4) is 5.75 Å². The second kappa shape index (κ2) is 6.72. The molecule has 0 saturated heterocycles. The van der Waals surface area contributed by atoms with E-state index in [2.05, 4.69) is 41.5 Å². The average Bonchev–Trinajstić information content (AvgIpc) is 2.35. The van der Waals surface area contributed by atoms with Crippen LogP contribution in [0.5, 0.6) is 5.75 Å². The highest BCUT2D eigenvalue weighted by atomic mass is 16.5. The molecule has 124 valence electrons. The van der Waals surface area contributed by atoms with Crippen molar-refractivity contribution in [3.05, 3.63) is 28.8 Å². The van der Waals surface area contributed by atoms with Crippen molar-refractivity contribution in [1.82, 2.24) is 0 Å². The van der Waals surface area contributed by atoms with Crippen LogP contribution in [0.3, 0.4) is 0 Å². The lowest BCUT2D eigenvalue weighted by molar-refractivity contribution is -0.142. The highest BCUT2D eigenvalue weighted by Gasteiger charge is 2.26. The molecule has 0 spiro atoms. The average molecular weight is 306 g/mol. The molecule has 1 rings (SSSR count). The van der Waals surface area contributed by atoms with Crippen molar-refractivity contribution in [2.24, 2.45) is 0 Å². The molecular formula is C19H30O3. The van der Waals surface area contributed by atoms with Gasteiger partial charge in [-0.3, -0.25) is 4.79 Å². The van der Waals surface area contributed by atoms with E-state index in [9.17, 15) is 9.90 Å².